The summed E-state index contributed by atoms with van der Waals surface area (Å²) in [5.41, 5.74) is 2.68. The van der Waals surface area contributed by atoms with Crippen LogP contribution in [0, 0.1) is 11.8 Å². The fourth-order valence-corrected chi connectivity index (χ4v) is 4.12. The third-order valence-electron chi connectivity index (χ3n) is 6.82. The summed E-state index contributed by atoms with van der Waals surface area (Å²) in [6, 6.07) is 0. The van der Waals surface area contributed by atoms with Crippen LogP contribution in [-0.4, -0.2) is 71.7 Å². The summed E-state index contributed by atoms with van der Waals surface area (Å²) < 4.78 is 0. The number of carbonyl (C=O) groups excluding carboxylic acids is 3. The zero-order valence-corrected chi connectivity index (χ0v) is 24.9. The molecule has 0 aliphatic heterocycles. The normalized spacial score (nSPS) is 12.4. The van der Waals surface area contributed by atoms with Crippen molar-refractivity contribution in [2.24, 2.45) is 11.8 Å². The average Bonchev–Trinajstić information content (AvgIpc) is 2.75. The van der Waals surface area contributed by atoms with Crippen molar-refractivity contribution in [3.63, 3.8) is 0 Å². The molecule has 0 aromatic rings. The van der Waals surface area contributed by atoms with Gasteiger partial charge in [-0.05, 0) is 78.1 Å². The highest BCUT2D eigenvalue weighted by atomic mass is 16.2. The number of hydrogen-bond acceptors (Lipinski definition) is 3. The molecule has 36 heavy (non-hydrogen) atoms. The van der Waals surface area contributed by atoms with Crippen LogP contribution in [0.15, 0.2) is 23.3 Å². The van der Waals surface area contributed by atoms with E-state index in [2.05, 4.69) is 53.7 Å². The minimum Gasteiger partial charge on any atom is -0.341 e. The first-order chi connectivity index (χ1) is 16.8. The topological polar surface area (TPSA) is 60.9 Å². The molecule has 0 heterocycles. The summed E-state index contributed by atoms with van der Waals surface area (Å²) in [6.45, 7) is 21.2. The average molecular weight is 506 g/mol. The Kier molecular flexibility index (Phi) is 17.9. The molecule has 0 spiro atoms. The van der Waals surface area contributed by atoms with Crippen molar-refractivity contribution in [3.8, 4) is 0 Å². The molecule has 0 aromatic heterocycles. The van der Waals surface area contributed by atoms with E-state index < -0.39 is 0 Å². The molecular weight excluding hydrogens is 450 g/mol. The molecule has 2 atom stereocenters. The lowest BCUT2D eigenvalue weighted by atomic mass is 10.0. The Morgan fingerprint density at radius 2 is 0.778 bits per heavy atom. The van der Waals surface area contributed by atoms with Crippen LogP contribution in [0.25, 0.3) is 0 Å². The molecule has 0 aliphatic carbocycles. The first-order valence-electron chi connectivity index (χ1n) is 13.9. The van der Waals surface area contributed by atoms with Crippen LogP contribution in [0.1, 0.15) is 101 Å². The van der Waals surface area contributed by atoms with Gasteiger partial charge in [-0.25, -0.2) is 0 Å². The number of hydrogen-bond donors (Lipinski definition) is 0. The summed E-state index contributed by atoms with van der Waals surface area (Å²) >= 11 is 0. The Morgan fingerprint density at radius 1 is 0.500 bits per heavy atom. The van der Waals surface area contributed by atoms with E-state index in [4.69, 9.17) is 0 Å². The van der Waals surface area contributed by atoms with Crippen LogP contribution in [-0.2, 0) is 14.4 Å². The number of allylic oxidation sites excluding steroid dienone is 4. The van der Waals surface area contributed by atoms with E-state index in [9.17, 15) is 14.4 Å². The maximum Gasteiger partial charge on any atom is 0.219 e. The summed E-state index contributed by atoms with van der Waals surface area (Å²) in [7, 11) is 0. The van der Waals surface area contributed by atoms with Crippen molar-refractivity contribution < 1.29 is 14.4 Å². The molecule has 0 radical (unpaired) electrons. The third kappa shape index (κ3) is 17.3. The van der Waals surface area contributed by atoms with Crippen molar-refractivity contribution in [3.05, 3.63) is 23.3 Å². The molecule has 0 aliphatic rings. The van der Waals surface area contributed by atoms with Gasteiger partial charge in [0, 0.05) is 60.0 Å². The Labute approximate surface area is 222 Å². The molecule has 6 heteroatoms. The second-order valence-electron chi connectivity index (χ2n) is 11.0. The predicted molar refractivity (Wildman–Crippen MR) is 152 cm³/mol. The van der Waals surface area contributed by atoms with Gasteiger partial charge in [-0.2, -0.15) is 0 Å². The van der Waals surface area contributed by atoms with Gasteiger partial charge in [-0.15, -0.1) is 0 Å². The molecule has 208 valence electrons. The van der Waals surface area contributed by atoms with Crippen molar-refractivity contribution in [1.29, 1.82) is 0 Å². The Morgan fingerprint density at radius 3 is 1.03 bits per heavy atom. The second-order valence-corrected chi connectivity index (χ2v) is 11.0. The molecule has 0 saturated carbocycles. The van der Waals surface area contributed by atoms with Crippen LogP contribution >= 0.6 is 0 Å². The molecule has 0 N–H and O–H groups in total. The summed E-state index contributed by atoms with van der Waals surface area (Å²) in [5.74, 6) is 1.15. The van der Waals surface area contributed by atoms with Crippen LogP contribution in [0.3, 0.4) is 0 Å². The van der Waals surface area contributed by atoms with Gasteiger partial charge in [0.2, 0.25) is 17.7 Å². The molecule has 6 nitrogen and oxygen atoms in total. The third-order valence-corrected chi connectivity index (χ3v) is 6.82. The van der Waals surface area contributed by atoms with E-state index in [0.717, 1.165) is 38.5 Å². The van der Waals surface area contributed by atoms with Crippen LogP contribution in [0.5, 0.6) is 0 Å². The zero-order valence-electron chi connectivity index (χ0n) is 24.9. The van der Waals surface area contributed by atoms with Gasteiger partial charge < -0.3 is 14.7 Å². The van der Waals surface area contributed by atoms with E-state index in [-0.39, 0.29) is 17.7 Å². The molecule has 0 aromatic carbocycles. The van der Waals surface area contributed by atoms with Crippen LogP contribution in [0.4, 0.5) is 0 Å². The Bertz CT molecular complexity index is 667. The van der Waals surface area contributed by atoms with E-state index >= 15 is 0 Å². The molecule has 0 bridgehead atoms. The predicted octanol–water partition coefficient (Wildman–Crippen LogP) is 6.08. The van der Waals surface area contributed by atoms with E-state index in [0.29, 0.717) is 51.1 Å². The minimum atomic E-state index is -0.0211. The molecule has 0 unspecified atom stereocenters. The highest BCUT2D eigenvalue weighted by molar-refractivity contribution is 5.75. The first kappa shape index (κ1) is 33.9. The maximum absolute atomic E-state index is 12.3. The minimum absolute atomic E-state index is 0.0211. The van der Waals surface area contributed by atoms with Gasteiger partial charge in [0.25, 0.3) is 0 Å². The molecular formula is C30H55N3O3. The quantitative estimate of drug-likeness (QED) is 0.212. The van der Waals surface area contributed by atoms with Crippen LogP contribution < -0.4 is 0 Å². The lowest BCUT2D eigenvalue weighted by molar-refractivity contribution is -0.134. The van der Waals surface area contributed by atoms with Gasteiger partial charge in [0.15, 0.2) is 0 Å². The standard InChI is InChI=1S/C30H55N3O3/c1-24(2)12-10-14-26(5)16-18-31(28(7)34)20-22-33(30(9)36)23-21-32(29(8)35)19-17-27(6)15-11-13-25(3)4/h12-13,26-27H,10-11,14-23H2,1-9H3/t26-,27+. The number of nitrogens with zero attached hydrogens (tertiary/aromatic N) is 3. The molecule has 0 rings (SSSR count). The van der Waals surface area contributed by atoms with Gasteiger partial charge in [0.05, 0.1) is 0 Å². The van der Waals surface area contributed by atoms with Gasteiger partial charge in [-0.1, -0.05) is 37.1 Å². The fraction of sp³-hybridized carbons (Fsp3) is 0.767. The largest absolute Gasteiger partial charge is 0.341 e. The monoisotopic (exact) mass is 505 g/mol. The number of carbonyl (C=O) groups is 3. The highest BCUT2D eigenvalue weighted by Crippen LogP contribution is 2.14. The number of rotatable bonds is 18. The smallest absolute Gasteiger partial charge is 0.219 e. The van der Waals surface area contributed by atoms with E-state index in [1.807, 2.05) is 9.80 Å². The summed E-state index contributed by atoms with van der Waals surface area (Å²) in [4.78, 5) is 42.2. The first-order valence-corrected chi connectivity index (χ1v) is 13.9. The lowest BCUT2D eigenvalue weighted by Crippen LogP contribution is -2.44. The fourth-order valence-electron chi connectivity index (χ4n) is 4.12. The van der Waals surface area contributed by atoms with Gasteiger partial charge >= 0.3 is 0 Å². The van der Waals surface area contributed by atoms with Crippen molar-refractivity contribution in [1.82, 2.24) is 14.7 Å². The van der Waals surface area contributed by atoms with E-state index in [1.165, 1.54) is 11.1 Å². The zero-order chi connectivity index (χ0) is 27.7. The number of amides is 3. The van der Waals surface area contributed by atoms with Crippen molar-refractivity contribution >= 4 is 17.7 Å². The van der Waals surface area contributed by atoms with Gasteiger partial charge in [-0.3, -0.25) is 14.4 Å². The highest BCUT2D eigenvalue weighted by Gasteiger charge is 2.17. The van der Waals surface area contributed by atoms with Crippen molar-refractivity contribution in [2.75, 3.05) is 39.3 Å². The lowest BCUT2D eigenvalue weighted by Gasteiger charge is -2.30. The SMILES string of the molecule is CC(=O)N(CC[C@H](C)CCC=C(C)C)CCN(CCN(CC[C@@H](C)CCC=C(C)C)C(C)=O)C(C)=O. The Hall–Kier alpha value is -2.11. The Balaban J connectivity index is 4.72. The molecule has 0 fully saturated rings. The summed E-state index contributed by atoms with van der Waals surface area (Å²) in [6.07, 6.45) is 10.8. The van der Waals surface area contributed by atoms with Gasteiger partial charge in [0.1, 0.15) is 0 Å². The van der Waals surface area contributed by atoms with Crippen LogP contribution in [0.2, 0.25) is 0 Å². The van der Waals surface area contributed by atoms with E-state index in [1.54, 1.807) is 25.7 Å². The summed E-state index contributed by atoms with van der Waals surface area (Å²) in [5, 5.41) is 0. The second kappa shape index (κ2) is 19.1. The van der Waals surface area contributed by atoms with Crippen molar-refractivity contribution in [2.45, 2.75) is 101 Å². The molecule has 3 amide bonds. The maximum atomic E-state index is 12.3. The molecule has 0 saturated heterocycles.